The van der Waals surface area contributed by atoms with E-state index in [-0.39, 0.29) is 16.8 Å². The van der Waals surface area contributed by atoms with Crippen LogP contribution in [-0.2, 0) is 7.05 Å². The van der Waals surface area contributed by atoms with E-state index in [4.69, 9.17) is 0 Å². The predicted octanol–water partition coefficient (Wildman–Crippen LogP) is 3.41. The number of amides is 1. The van der Waals surface area contributed by atoms with E-state index in [1.807, 2.05) is 0 Å². The summed E-state index contributed by atoms with van der Waals surface area (Å²) in [5.74, 6) is -3.02. The minimum atomic E-state index is -5.07. The first-order valence-electron chi connectivity index (χ1n) is 10.2. The molecule has 0 spiro atoms. The fraction of sp³-hybridized carbons (Fsp3) is 0.273. The first kappa shape index (κ1) is 24.1. The molecule has 0 aliphatic rings. The molecule has 1 aromatic carbocycles. The zero-order valence-corrected chi connectivity index (χ0v) is 18.7. The minimum absolute atomic E-state index is 0.0263. The monoisotopic (exact) mass is 492 g/mol. The second-order valence-electron chi connectivity index (χ2n) is 8.34. The number of fused-ring (bicyclic) bond motifs is 1. The highest BCUT2D eigenvalue weighted by molar-refractivity contribution is 6.00. The Bertz CT molecular complexity index is 1390. The molecule has 1 atom stereocenters. The Morgan fingerprint density at radius 3 is 2.51 bits per heavy atom. The van der Waals surface area contributed by atoms with Crippen LogP contribution in [0.3, 0.4) is 0 Å². The largest absolute Gasteiger partial charge is 0.573 e. The molecule has 0 fully saturated rings. The lowest BCUT2D eigenvalue weighted by molar-refractivity contribution is -0.275. The molecule has 4 aromatic rings. The minimum Gasteiger partial charge on any atom is -0.403 e. The number of hydrogen-bond acceptors (Lipinski definition) is 6. The number of hydrogen-bond donors (Lipinski definition) is 2. The van der Waals surface area contributed by atoms with Crippen LogP contribution in [-0.4, -0.2) is 47.4 Å². The average molecular weight is 492 g/mol. The maximum atomic E-state index is 14.3. The van der Waals surface area contributed by atoms with E-state index in [0.29, 0.717) is 11.3 Å². The summed E-state index contributed by atoms with van der Waals surface area (Å²) in [5.41, 5.74) is -0.0412. The first-order valence-corrected chi connectivity index (χ1v) is 10.2. The van der Waals surface area contributed by atoms with Gasteiger partial charge in [0.15, 0.2) is 17.2 Å². The number of nitrogens with zero attached hydrogens (tertiary/aromatic N) is 5. The lowest BCUT2D eigenvalue weighted by Crippen LogP contribution is -2.42. The van der Waals surface area contributed by atoms with E-state index in [9.17, 15) is 27.5 Å². The van der Waals surface area contributed by atoms with Gasteiger partial charge in [0.05, 0.1) is 29.7 Å². The topological polar surface area (TPSA) is 107 Å². The first-order chi connectivity index (χ1) is 16.3. The van der Waals surface area contributed by atoms with Gasteiger partial charge in [-0.2, -0.15) is 10.2 Å². The molecule has 3 aromatic heterocycles. The Kier molecular flexibility index (Phi) is 5.97. The van der Waals surface area contributed by atoms with Gasteiger partial charge in [-0.3, -0.25) is 9.48 Å². The maximum Gasteiger partial charge on any atom is 0.573 e. The van der Waals surface area contributed by atoms with Crippen molar-refractivity contribution in [1.29, 1.82) is 0 Å². The van der Waals surface area contributed by atoms with Crippen LogP contribution in [0.1, 0.15) is 35.8 Å². The third-order valence-electron chi connectivity index (χ3n) is 5.11. The van der Waals surface area contributed by atoms with Gasteiger partial charge in [-0.25, -0.2) is 13.9 Å². The van der Waals surface area contributed by atoms with E-state index in [0.717, 1.165) is 18.2 Å². The quantitative estimate of drug-likeness (QED) is 0.400. The van der Waals surface area contributed by atoms with Crippen molar-refractivity contribution in [3.05, 3.63) is 66.0 Å². The van der Waals surface area contributed by atoms with Crippen LogP contribution in [0.25, 0.3) is 16.9 Å². The van der Waals surface area contributed by atoms with Crippen molar-refractivity contribution in [2.45, 2.75) is 31.9 Å². The summed E-state index contributed by atoms with van der Waals surface area (Å²) in [4.78, 5) is 17.6. The number of ether oxygens (including phenoxy) is 1. The highest BCUT2D eigenvalue weighted by atomic mass is 19.4. The lowest BCUT2D eigenvalue weighted by Gasteiger charge is -2.30. The third-order valence-corrected chi connectivity index (χ3v) is 5.11. The highest BCUT2D eigenvalue weighted by Crippen LogP contribution is 2.32. The summed E-state index contributed by atoms with van der Waals surface area (Å²) >= 11 is 0. The van der Waals surface area contributed by atoms with Gasteiger partial charge in [0.2, 0.25) is 0 Å². The molecule has 13 heteroatoms. The normalized spacial score (nSPS) is 13.1. The third kappa shape index (κ3) is 5.24. The van der Waals surface area contributed by atoms with Crippen molar-refractivity contribution >= 4 is 11.6 Å². The zero-order valence-electron chi connectivity index (χ0n) is 18.7. The van der Waals surface area contributed by atoms with E-state index in [1.165, 1.54) is 24.6 Å². The summed E-state index contributed by atoms with van der Waals surface area (Å²) in [6.07, 6.45) is 1.19. The predicted molar refractivity (Wildman–Crippen MR) is 115 cm³/mol. The van der Waals surface area contributed by atoms with Crippen molar-refractivity contribution < 1.29 is 32.2 Å². The molecule has 0 saturated heterocycles. The highest BCUT2D eigenvalue weighted by Gasteiger charge is 2.34. The van der Waals surface area contributed by atoms with E-state index < -0.39 is 35.5 Å². The van der Waals surface area contributed by atoms with Crippen LogP contribution in [0.5, 0.6) is 5.75 Å². The lowest BCUT2D eigenvalue weighted by atomic mass is 9.91. The molecule has 0 aliphatic carbocycles. The Morgan fingerprint density at radius 2 is 1.91 bits per heavy atom. The summed E-state index contributed by atoms with van der Waals surface area (Å²) in [6.45, 7) is 2.73. The van der Waals surface area contributed by atoms with Gasteiger partial charge < -0.3 is 15.2 Å². The molecular weight excluding hydrogens is 472 g/mol. The van der Waals surface area contributed by atoms with Gasteiger partial charge in [-0.05, 0) is 37.6 Å². The average Bonchev–Trinajstić information content (AvgIpc) is 3.37. The fourth-order valence-electron chi connectivity index (χ4n) is 3.52. The number of benzene rings is 1. The maximum absolute atomic E-state index is 14.3. The number of aryl methyl sites for hydroxylation is 1. The summed E-state index contributed by atoms with van der Waals surface area (Å²) in [6, 6.07) is 3.17. The number of alkyl halides is 3. The molecule has 0 radical (unpaired) electrons. The van der Waals surface area contributed by atoms with E-state index in [1.54, 1.807) is 36.4 Å². The molecule has 4 rings (SSSR count). The smallest absolute Gasteiger partial charge is 0.403 e. The number of aromatic nitrogens is 5. The standard InChI is InChI=1S/C22H20F4N6O3/c1-21(2,34)18(12-4-5-17(15(23)8-12)35-22(24,25)26)30-20(33)14-10-28-32-7-6-16(29-19(14)32)13-9-27-31(3)11-13/h4-11,18,34H,1-3H3,(H,30,33). The van der Waals surface area contributed by atoms with Gasteiger partial charge in [-0.1, -0.05) is 6.07 Å². The zero-order chi connectivity index (χ0) is 25.5. The van der Waals surface area contributed by atoms with Gasteiger partial charge in [0, 0.05) is 25.0 Å². The van der Waals surface area contributed by atoms with Crippen molar-refractivity contribution in [2.75, 3.05) is 0 Å². The number of carbonyl (C=O) groups is 1. The van der Waals surface area contributed by atoms with Crippen LogP contribution >= 0.6 is 0 Å². The Hall–Kier alpha value is -4.00. The van der Waals surface area contributed by atoms with Gasteiger partial charge >= 0.3 is 6.36 Å². The molecule has 35 heavy (non-hydrogen) atoms. The molecule has 0 bridgehead atoms. The number of carbonyl (C=O) groups excluding carboxylic acids is 1. The Labute approximate surface area is 196 Å². The van der Waals surface area contributed by atoms with Crippen LogP contribution in [0.15, 0.2) is 49.1 Å². The van der Waals surface area contributed by atoms with Crippen LogP contribution in [0.4, 0.5) is 17.6 Å². The number of rotatable bonds is 6. The molecule has 3 heterocycles. The number of halogens is 4. The van der Waals surface area contributed by atoms with Crippen molar-refractivity contribution in [2.24, 2.45) is 7.05 Å². The molecule has 184 valence electrons. The molecular formula is C22H20F4N6O3. The summed E-state index contributed by atoms with van der Waals surface area (Å²) in [7, 11) is 1.75. The Balaban J connectivity index is 1.65. The van der Waals surface area contributed by atoms with E-state index >= 15 is 0 Å². The number of nitrogens with one attached hydrogen (secondary N) is 1. The van der Waals surface area contributed by atoms with Crippen molar-refractivity contribution in [3.63, 3.8) is 0 Å². The van der Waals surface area contributed by atoms with Crippen LogP contribution < -0.4 is 10.1 Å². The van der Waals surface area contributed by atoms with Crippen molar-refractivity contribution in [1.82, 2.24) is 29.7 Å². The van der Waals surface area contributed by atoms with Gasteiger partial charge in [-0.15, -0.1) is 13.2 Å². The summed E-state index contributed by atoms with van der Waals surface area (Å²) < 4.78 is 58.3. The Morgan fingerprint density at radius 1 is 1.17 bits per heavy atom. The molecule has 1 unspecified atom stereocenters. The molecule has 0 aliphatic heterocycles. The fourth-order valence-corrected chi connectivity index (χ4v) is 3.52. The molecule has 2 N–H and O–H groups in total. The van der Waals surface area contributed by atoms with E-state index in [2.05, 4.69) is 25.2 Å². The molecule has 0 saturated carbocycles. The van der Waals surface area contributed by atoms with Gasteiger partial charge in [0.25, 0.3) is 5.91 Å². The number of aliphatic hydroxyl groups is 1. The van der Waals surface area contributed by atoms with Crippen LogP contribution in [0, 0.1) is 5.82 Å². The molecule has 1 amide bonds. The van der Waals surface area contributed by atoms with Crippen molar-refractivity contribution in [3.8, 4) is 17.0 Å². The van der Waals surface area contributed by atoms with Crippen LogP contribution in [0.2, 0.25) is 0 Å². The SMILES string of the molecule is Cn1cc(-c2ccn3ncc(C(=O)NC(c4ccc(OC(F)(F)F)c(F)c4)C(C)(C)O)c3n2)cn1. The second-order valence-corrected chi connectivity index (χ2v) is 8.34. The summed E-state index contributed by atoms with van der Waals surface area (Å²) in [5, 5.41) is 21.4. The van der Waals surface area contributed by atoms with Gasteiger partial charge in [0.1, 0.15) is 5.56 Å². The second kappa shape index (κ2) is 8.65. The molecule has 9 nitrogen and oxygen atoms in total.